The molecule has 0 aliphatic rings. The van der Waals surface area contributed by atoms with Crippen molar-refractivity contribution < 1.29 is 0 Å². The van der Waals surface area contributed by atoms with Crippen LogP contribution in [0.3, 0.4) is 0 Å². The normalized spacial score (nSPS) is 10.2. The maximum Gasteiger partial charge on any atom is 0.0406 e. The molecule has 1 aromatic rings. The van der Waals surface area contributed by atoms with Crippen LogP contribution < -0.4 is 0 Å². The summed E-state index contributed by atoms with van der Waals surface area (Å²) in [6.07, 6.45) is 4.39. The van der Waals surface area contributed by atoms with Gasteiger partial charge in [0.2, 0.25) is 0 Å². The molecular weight excluding hydrogens is 252 g/mol. The third kappa shape index (κ3) is 4.89. The summed E-state index contributed by atoms with van der Waals surface area (Å²) in [4.78, 5) is 1.32. The maximum atomic E-state index is 2.28. The van der Waals surface area contributed by atoms with Crippen molar-refractivity contribution in [2.75, 3.05) is 17.8 Å². The Labute approximate surface area is 112 Å². The highest BCUT2D eigenvalue weighted by Gasteiger charge is 1.97. The molecule has 1 rings (SSSR count). The van der Waals surface area contributed by atoms with E-state index in [1.54, 1.807) is 11.8 Å². The standard InChI is InChI=1S/C13H18S3/c1-4-15-13(16-5-2)10-11-6-8-12(14-3)9-7-11/h6-10H,4-5H2,1-3H3. The molecule has 3 heteroatoms. The number of hydrogen-bond donors (Lipinski definition) is 0. The zero-order valence-corrected chi connectivity index (χ0v) is 12.5. The molecule has 0 N–H and O–H groups in total. The molecule has 0 aliphatic carbocycles. The van der Waals surface area contributed by atoms with Gasteiger partial charge in [0.15, 0.2) is 0 Å². The average Bonchev–Trinajstić information content (AvgIpc) is 2.31. The van der Waals surface area contributed by atoms with Gasteiger partial charge >= 0.3 is 0 Å². The van der Waals surface area contributed by atoms with Crippen LogP contribution in [0.5, 0.6) is 0 Å². The van der Waals surface area contributed by atoms with Crippen molar-refractivity contribution in [1.82, 2.24) is 0 Å². The molecule has 0 saturated carbocycles. The van der Waals surface area contributed by atoms with Crippen molar-refractivity contribution in [3.05, 3.63) is 34.1 Å². The molecule has 0 nitrogen and oxygen atoms in total. The molecule has 0 aromatic heterocycles. The van der Waals surface area contributed by atoms with Crippen molar-refractivity contribution in [3.8, 4) is 0 Å². The van der Waals surface area contributed by atoms with Gasteiger partial charge in [0.25, 0.3) is 0 Å². The SMILES string of the molecule is CCSC(=Cc1ccc(SC)cc1)SCC. The van der Waals surface area contributed by atoms with E-state index >= 15 is 0 Å². The molecule has 0 heterocycles. The van der Waals surface area contributed by atoms with Crippen LogP contribution in [0, 0.1) is 0 Å². The first-order valence-corrected chi connectivity index (χ1v) is 8.61. The molecule has 88 valence electrons. The number of rotatable bonds is 6. The second-order valence-electron chi connectivity index (χ2n) is 3.10. The Balaban J connectivity index is 2.76. The van der Waals surface area contributed by atoms with Crippen LogP contribution in [-0.4, -0.2) is 17.8 Å². The minimum atomic E-state index is 1.14. The van der Waals surface area contributed by atoms with Crippen LogP contribution in [0.4, 0.5) is 0 Å². The summed E-state index contributed by atoms with van der Waals surface area (Å²) in [5.41, 5.74) is 1.30. The molecule has 0 saturated heterocycles. The minimum absolute atomic E-state index is 1.14. The van der Waals surface area contributed by atoms with Crippen molar-refractivity contribution in [2.45, 2.75) is 18.7 Å². The summed E-state index contributed by atoms with van der Waals surface area (Å²) in [5.74, 6) is 2.28. The van der Waals surface area contributed by atoms with Gasteiger partial charge < -0.3 is 0 Å². The van der Waals surface area contributed by atoms with Crippen LogP contribution in [-0.2, 0) is 0 Å². The minimum Gasteiger partial charge on any atom is -0.130 e. The maximum absolute atomic E-state index is 2.28. The molecule has 0 unspecified atom stereocenters. The Morgan fingerprint density at radius 3 is 2.06 bits per heavy atom. The third-order valence-electron chi connectivity index (χ3n) is 1.97. The summed E-state index contributed by atoms with van der Waals surface area (Å²) >= 11 is 5.64. The molecule has 0 aliphatic heterocycles. The van der Waals surface area contributed by atoms with Gasteiger partial charge in [0, 0.05) is 9.13 Å². The van der Waals surface area contributed by atoms with Crippen molar-refractivity contribution in [2.24, 2.45) is 0 Å². The van der Waals surface area contributed by atoms with E-state index in [1.807, 2.05) is 23.5 Å². The second kappa shape index (κ2) is 8.15. The second-order valence-corrected chi connectivity index (χ2v) is 6.85. The van der Waals surface area contributed by atoms with Crippen LogP contribution in [0.15, 0.2) is 33.4 Å². The molecule has 1 aromatic carbocycles. The predicted octanol–water partition coefficient (Wildman–Crippen LogP) is 5.21. The zero-order chi connectivity index (χ0) is 11.8. The summed E-state index contributed by atoms with van der Waals surface area (Å²) in [6.45, 7) is 4.40. The van der Waals surface area contributed by atoms with Gasteiger partial charge in [0.05, 0.1) is 0 Å². The lowest BCUT2D eigenvalue weighted by Gasteiger charge is -2.04. The van der Waals surface area contributed by atoms with Gasteiger partial charge in [-0.3, -0.25) is 0 Å². The lowest BCUT2D eigenvalue weighted by atomic mass is 10.2. The predicted molar refractivity (Wildman–Crippen MR) is 82.5 cm³/mol. The van der Waals surface area contributed by atoms with Gasteiger partial charge in [-0.05, 0) is 41.5 Å². The largest absolute Gasteiger partial charge is 0.130 e. The Kier molecular flexibility index (Phi) is 7.17. The summed E-state index contributed by atoms with van der Waals surface area (Å²) in [5, 5.41) is 0. The van der Waals surface area contributed by atoms with Crippen molar-refractivity contribution >= 4 is 41.4 Å². The van der Waals surface area contributed by atoms with Crippen LogP contribution in [0.25, 0.3) is 6.08 Å². The Bertz CT molecular complexity index is 320. The van der Waals surface area contributed by atoms with Crippen molar-refractivity contribution in [3.63, 3.8) is 0 Å². The van der Waals surface area contributed by atoms with E-state index < -0.39 is 0 Å². The van der Waals surface area contributed by atoms with E-state index in [-0.39, 0.29) is 0 Å². The highest BCUT2D eigenvalue weighted by atomic mass is 32.2. The Hall–Kier alpha value is 0.01000. The van der Waals surface area contributed by atoms with Gasteiger partial charge in [-0.15, -0.1) is 35.3 Å². The van der Waals surface area contributed by atoms with Crippen LogP contribution in [0.1, 0.15) is 19.4 Å². The third-order valence-corrected chi connectivity index (χ3v) is 4.81. The molecule has 0 spiro atoms. The van der Waals surface area contributed by atoms with Gasteiger partial charge in [-0.25, -0.2) is 0 Å². The number of hydrogen-bond acceptors (Lipinski definition) is 3. The van der Waals surface area contributed by atoms with E-state index in [2.05, 4.69) is 50.4 Å². The van der Waals surface area contributed by atoms with Gasteiger partial charge in [-0.1, -0.05) is 26.0 Å². The Morgan fingerprint density at radius 1 is 1.06 bits per heavy atom. The molecule has 0 amide bonds. The fourth-order valence-electron chi connectivity index (χ4n) is 1.25. The Morgan fingerprint density at radius 2 is 1.62 bits per heavy atom. The first-order chi connectivity index (χ1) is 7.80. The highest BCUT2D eigenvalue weighted by Crippen LogP contribution is 2.30. The lowest BCUT2D eigenvalue weighted by Crippen LogP contribution is -1.78. The monoisotopic (exact) mass is 270 g/mol. The average molecular weight is 270 g/mol. The summed E-state index contributed by atoms with van der Waals surface area (Å²) in [6, 6.07) is 8.75. The van der Waals surface area contributed by atoms with E-state index in [0.717, 1.165) is 11.5 Å². The zero-order valence-electron chi connectivity index (χ0n) is 10.0. The van der Waals surface area contributed by atoms with Crippen LogP contribution >= 0.6 is 35.3 Å². The summed E-state index contributed by atoms with van der Waals surface area (Å²) in [7, 11) is 0. The first-order valence-electron chi connectivity index (χ1n) is 5.41. The van der Waals surface area contributed by atoms with E-state index in [9.17, 15) is 0 Å². The fraction of sp³-hybridized carbons (Fsp3) is 0.385. The van der Waals surface area contributed by atoms with Gasteiger partial charge in [-0.2, -0.15) is 0 Å². The molecule has 0 bridgehead atoms. The molecule has 16 heavy (non-hydrogen) atoms. The van der Waals surface area contributed by atoms with E-state index in [4.69, 9.17) is 0 Å². The van der Waals surface area contributed by atoms with Crippen molar-refractivity contribution in [1.29, 1.82) is 0 Å². The number of benzene rings is 1. The lowest BCUT2D eigenvalue weighted by molar-refractivity contribution is 1.45. The fourth-order valence-corrected chi connectivity index (χ4v) is 3.70. The molecular formula is C13H18S3. The molecule has 0 atom stereocenters. The smallest absolute Gasteiger partial charge is 0.0406 e. The van der Waals surface area contributed by atoms with Gasteiger partial charge in [0.1, 0.15) is 0 Å². The summed E-state index contributed by atoms with van der Waals surface area (Å²) < 4.78 is 1.42. The highest BCUT2D eigenvalue weighted by molar-refractivity contribution is 8.22. The molecule has 0 radical (unpaired) electrons. The quantitative estimate of drug-likeness (QED) is 0.651. The topological polar surface area (TPSA) is 0 Å². The first kappa shape index (κ1) is 14.1. The van der Waals surface area contributed by atoms with Crippen LogP contribution in [0.2, 0.25) is 0 Å². The number of thioether (sulfide) groups is 3. The molecule has 0 fully saturated rings. The van der Waals surface area contributed by atoms with E-state index in [1.165, 1.54) is 14.7 Å². The van der Waals surface area contributed by atoms with E-state index in [0.29, 0.717) is 0 Å².